The van der Waals surface area contributed by atoms with E-state index in [2.05, 4.69) is 0 Å². The molecule has 0 aliphatic carbocycles. The van der Waals surface area contributed by atoms with E-state index in [1.807, 2.05) is 0 Å². The molecule has 0 spiro atoms. The lowest BCUT2D eigenvalue weighted by Crippen LogP contribution is -2.48. The van der Waals surface area contributed by atoms with Crippen molar-refractivity contribution in [2.75, 3.05) is 6.54 Å². The van der Waals surface area contributed by atoms with Crippen LogP contribution in [0.3, 0.4) is 0 Å². The summed E-state index contributed by atoms with van der Waals surface area (Å²) in [6.07, 6.45) is -1.90. The summed E-state index contributed by atoms with van der Waals surface area (Å²) >= 11 is 0. The summed E-state index contributed by atoms with van der Waals surface area (Å²) in [6, 6.07) is 0.436. The molecule has 2 atom stereocenters. The van der Waals surface area contributed by atoms with Crippen LogP contribution in [0.15, 0.2) is 12.1 Å². The lowest BCUT2D eigenvalue weighted by Gasteiger charge is -2.36. The summed E-state index contributed by atoms with van der Waals surface area (Å²) in [7, 11) is 0. The fourth-order valence-electron chi connectivity index (χ4n) is 2.59. The number of hydrogen-bond acceptors (Lipinski definition) is 2. The van der Waals surface area contributed by atoms with Gasteiger partial charge in [-0.05, 0) is 29.5 Å². The minimum absolute atomic E-state index is 0.0121. The molecular formula is C15H16F3NO3. The van der Waals surface area contributed by atoms with Gasteiger partial charge < -0.3 is 10.0 Å². The number of carbonyl (C=O) groups is 2. The highest BCUT2D eigenvalue weighted by Gasteiger charge is 2.40. The van der Waals surface area contributed by atoms with Crippen molar-refractivity contribution in [2.24, 2.45) is 5.92 Å². The maximum atomic E-state index is 13.9. The molecule has 22 heavy (non-hydrogen) atoms. The van der Waals surface area contributed by atoms with Gasteiger partial charge in [-0.2, -0.15) is 0 Å². The molecule has 1 aromatic carbocycles. The topological polar surface area (TPSA) is 57.6 Å². The number of carboxylic acids is 1. The Morgan fingerprint density at radius 1 is 1.32 bits per heavy atom. The highest BCUT2D eigenvalue weighted by atomic mass is 19.2. The summed E-state index contributed by atoms with van der Waals surface area (Å²) < 4.78 is 41.0. The number of halogens is 3. The van der Waals surface area contributed by atoms with Crippen LogP contribution in [0.25, 0.3) is 0 Å². The van der Waals surface area contributed by atoms with Crippen molar-refractivity contribution >= 4 is 11.9 Å². The van der Waals surface area contributed by atoms with Crippen LogP contribution in [0.2, 0.25) is 0 Å². The number of rotatable bonds is 3. The van der Waals surface area contributed by atoms with E-state index in [1.54, 1.807) is 0 Å². The van der Waals surface area contributed by atoms with Crippen LogP contribution in [0.1, 0.15) is 31.0 Å². The van der Waals surface area contributed by atoms with Gasteiger partial charge in [0, 0.05) is 6.54 Å². The number of carbonyl (C=O) groups excluding carboxylic acids is 1. The monoisotopic (exact) mass is 315 g/mol. The van der Waals surface area contributed by atoms with Gasteiger partial charge in [-0.1, -0.05) is 19.9 Å². The zero-order chi connectivity index (χ0) is 16.6. The largest absolute Gasteiger partial charge is 0.479 e. The fraction of sp³-hybridized carbons (Fsp3) is 0.467. The van der Waals surface area contributed by atoms with Gasteiger partial charge in [0.05, 0.1) is 0 Å². The molecule has 0 fully saturated rings. The average Bonchev–Trinajstić information content (AvgIpc) is 2.48. The zero-order valence-corrected chi connectivity index (χ0v) is 12.1. The maximum absolute atomic E-state index is 13.9. The Hall–Kier alpha value is -2.05. The summed E-state index contributed by atoms with van der Waals surface area (Å²) in [5.41, 5.74) is -0.0849. The van der Waals surface area contributed by atoms with Crippen LogP contribution in [-0.2, 0) is 16.0 Å². The molecule has 0 bridgehead atoms. The van der Waals surface area contributed by atoms with E-state index in [1.165, 1.54) is 13.8 Å². The van der Waals surface area contributed by atoms with Gasteiger partial charge in [0.1, 0.15) is 0 Å². The molecule has 1 N–H and O–H groups in total. The Morgan fingerprint density at radius 3 is 2.50 bits per heavy atom. The second kappa shape index (κ2) is 5.98. The molecule has 1 amide bonds. The van der Waals surface area contributed by atoms with Crippen LogP contribution >= 0.6 is 0 Å². The average molecular weight is 315 g/mol. The summed E-state index contributed by atoms with van der Waals surface area (Å²) in [5.74, 6) is -5.15. The molecule has 1 aromatic rings. The first kappa shape index (κ1) is 16.3. The Balaban J connectivity index is 2.46. The van der Waals surface area contributed by atoms with Crippen molar-refractivity contribution in [1.82, 2.24) is 4.90 Å². The summed E-state index contributed by atoms with van der Waals surface area (Å²) in [6.45, 7) is 2.84. The minimum Gasteiger partial charge on any atom is -0.479 e. The smallest absolute Gasteiger partial charge is 0.331 e. The van der Waals surface area contributed by atoms with Crippen LogP contribution in [0.4, 0.5) is 13.2 Å². The third-order valence-electron chi connectivity index (χ3n) is 3.78. The first-order valence-electron chi connectivity index (χ1n) is 6.89. The van der Waals surface area contributed by atoms with Crippen LogP contribution in [0, 0.1) is 17.6 Å². The molecule has 1 heterocycles. The molecule has 4 nitrogen and oxygen atoms in total. The van der Waals surface area contributed by atoms with Gasteiger partial charge >= 0.3 is 5.97 Å². The van der Waals surface area contributed by atoms with Crippen molar-refractivity contribution in [3.8, 4) is 0 Å². The zero-order valence-electron chi connectivity index (χ0n) is 12.1. The van der Waals surface area contributed by atoms with E-state index in [-0.39, 0.29) is 24.1 Å². The second-order valence-corrected chi connectivity index (χ2v) is 5.60. The fourth-order valence-corrected chi connectivity index (χ4v) is 2.59. The molecule has 120 valence electrons. The first-order chi connectivity index (χ1) is 10.3. The van der Waals surface area contributed by atoms with Crippen molar-refractivity contribution in [3.63, 3.8) is 0 Å². The van der Waals surface area contributed by atoms with E-state index >= 15 is 0 Å². The molecule has 2 unspecified atom stereocenters. The maximum Gasteiger partial charge on any atom is 0.331 e. The van der Waals surface area contributed by atoms with Gasteiger partial charge in [0.25, 0.3) is 5.91 Å². The first-order valence-corrected chi connectivity index (χ1v) is 6.89. The number of benzene rings is 1. The molecule has 0 radical (unpaired) electrons. The number of amides is 1. The Kier molecular flexibility index (Phi) is 4.44. The molecule has 0 saturated carbocycles. The third kappa shape index (κ3) is 2.67. The van der Waals surface area contributed by atoms with E-state index in [0.29, 0.717) is 0 Å². The molecular weight excluding hydrogens is 299 g/mol. The van der Waals surface area contributed by atoms with E-state index in [0.717, 1.165) is 17.0 Å². The van der Waals surface area contributed by atoms with Gasteiger partial charge in [-0.25, -0.2) is 18.0 Å². The van der Waals surface area contributed by atoms with Gasteiger partial charge in [-0.15, -0.1) is 0 Å². The number of aliphatic carboxylic acids is 1. The SMILES string of the molecule is CC(C)C(F)C(=O)N1CCc2c(ccc(F)c2F)C1C(=O)O. The normalized spacial score (nSPS) is 19.0. The van der Waals surface area contributed by atoms with E-state index in [4.69, 9.17) is 0 Å². The molecule has 2 rings (SSSR count). The van der Waals surface area contributed by atoms with Crippen LogP contribution < -0.4 is 0 Å². The number of nitrogens with zero attached hydrogens (tertiary/aromatic N) is 1. The predicted octanol–water partition coefficient (Wildman–Crippen LogP) is 2.47. The Bertz CT molecular complexity index is 618. The third-order valence-corrected chi connectivity index (χ3v) is 3.78. The number of alkyl halides is 1. The highest BCUT2D eigenvalue weighted by molar-refractivity contribution is 5.88. The number of hydrogen-bond donors (Lipinski definition) is 1. The number of fused-ring (bicyclic) bond motifs is 1. The highest BCUT2D eigenvalue weighted by Crippen LogP contribution is 2.33. The molecule has 0 aromatic heterocycles. The molecule has 1 aliphatic heterocycles. The van der Waals surface area contributed by atoms with Crippen LogP contribution in [0.5, 0.6) is 0 Å². The van der Waals surface area contributed by atoms with Crippen LogP contribution in [-0.4, -0.2) is 34.6 Å². The van der Waals surface area contributed by atoms with Crippen molar-refractivity contribution in [2.45, 2.75) is 32.5 Å². The standard InChI is InChI=1S/C15H16F3NO3/c1-7(2)11(17)14(20)19-6-5-8-9(13(19)15(21)22)3-4-10(16)12(8)18/h3-4,7,11,13H,5-6H2,1-2H3,(H,21,22). The Labute approximate surface area is 125 Å². The summed E-state index contributed by atoms with van der Waals surface area (Å²) in [4.78, 5) is 24.5. The quantitative estimate of drug-likeness (QED) is 0.932. The van der Waals surface area contributed by atoms with E-state index in [9.17, 15) is 27.9 Å². The van der Waals surface area contributed by atoms with Gasteiger partial charge in [0.2, 0.25) is 0 Å². The van der Waals surface area contributed by atoms with Crippen molar-refractivity contribution in [3.05, 3.63) is 34.9 Å². The molecule has 1 aliphatic rings. The van der Waals surface area contributed by atoms with Gasteiger partial charge in [-0.3, -0.25) is 4.79 Å². The summed E-state index contributed by atoms with van der Waals surface area (Å²) in [5, 5.41) is 9.35. The van der Waals surface area contributed by atoms with Crippen molar-refractivity contribution < 1.29 is 27.9 Å². The minimum atomic E-state index is -1.84. The molecule has 7 heteroatoms. The molecule has 0 saturated heterocycles. The van der Waals surface area contributed by atoms with Crippen molar-refractivity contribution in [1.29, 1.82) is 0 Å². The lowest BCUT2D eigenvalue weighted by atomic mass is 9.91. The van der Waals surface area contributed by atoms with Gasteiger partial charge in [0.15, 0.2) is 23.8 Å². The second-order valence-electron chi connectivity index (χ2n) is 5.60. The lowest BCUT2D eigenvalue weighted by molar-refractivity contribution is -0.154. The predicted molar refractivity (Wildman–Crippen MR) is 71.9 cm³/mol. The Morgan fingerprint density at radius 2 is 1.95 bits per heavy atom. The number of carboxylic acid groups (broad SMARTS) is 1. The van der Waals surface area contributed by atoms with E-state index < -0.39 is 41.6 Å².